The molecule has 2 aromatic heterocycles. The van der Waals surface area contributed by atoms with Crippen LogP contribution in [-0.2, 0) is 6.54 Å². The molecule has 3 rings (SSSR count). The maximum Gasteiger partial charge on any atom is 0.212 e. The van der Waals surface area contributed by atoms with Gasteiger partial charge in [-0.05, 0) is 30.7 Å². The van der Waals surface area contributed by atoms with E-state index in [0.717, 1.165) is 16.2 Å². The van der Waals surface area contributed by atoms with E-state index in [1.807, 2.05) is 5.38 Å². The first-order valence-corrected chi connectivity index (χ1v) is 6.37. The lowest BCUT2D eigenvalue weighted by Crippen LogP contribution is -1.99. The van der Waals surface area contributed by atoms with Gasteiger partial charge in [-0.25, -0.2) is 13.9 Å². The lowest BCUT2D eigenvalue weighted by Gasteiger charge is -2.01. The van der Waals surface area contributed by atoms with Crippen LogP contribution in [0.2, 0.25) is 0 Å². The van der Waals surface area contributed by atoms with E-state index in [1.165, 1.54) is 17.4 Å². The number of fused-ring (bicyclic) bond motifs is 1. The van der Waals surface area contributed by atoms with Gasteiger partial charge in [0.2, 0.25) is 4.96 Å². The topological polar surface area (TPSA) is 56.2 Å². The van der Waals surface area contributed by atoms with Crippen LogP contribution in [-0.4, -0.2) is 14.6 Å². The lowest BCUT2D eigenvalue weighted by atomic mass is 10.1. The number of hydrogen-bond acceptors (Lipinski definition) is 4. The van der Waals surface area contributed by atoms with Gasteiger partial charge in [0.1, 0.15) is 5.82 Å². The second-order valence-corrected chi connectivity index (χ2v) is 4.85. The molecule has 1 aromatic carbocycles. The Morgan fingerprint density at radius 1 is 1.44 bits per heavy atom. The van der Waals surface area contributed by atoms with Crippen molar-refractivity contribution in [2.45, 2.75) is 13.5 Å². The molecule has 0 fully saturated rings. The molecule has 0 aliphatic carbocycles. The molecule has 18 heavy (non-hydrogen) atoms. The van der Waals surface area contributed by atoms with Crippen LogP contribution in [0.4, 0.5) is 4.39 Å². The minimum absolute atomic E-state index is 0.202. The molecule has 2 N–H and O–H groups in total. The molecule has 0 radical (unpaired) electrons. The van der Waals surface area contributed by atoms with E-state index < -0.39 is 0 Å². The van der Waals surface area contributed by atoms with E-state index in [9.17, 15) is 4.39 Å². The van der Waals surface area contributed by atoms with E-state index in [2.05, 4.69) is 10.1 Å². The van der Waals surface area contributed by atoms with E-state index in [0.29, 0.717) is 17.9 Å². The minimum Gasteiger partial charge on any atom is -0.324 e. The summed E-state index contributed by atoms with van der Waals surface area (Å²) in [7, 11) is 0. The van der Waals surface area contributed by atoms with Crippen molar-refractivity contribution in [2.24, 2.45) is 5.73 Å². The highest BCUT2D eigenvalue weighted by atomic mass is 32.1. The maximum absolute atomic E-state index is 13.3. The predicted octanol–water partition coefficient (Wildman–Crippen LogP) is 2.36. The molecule has 0 saturated heterocycles. The summed E-state index contributed by atoms with van der Waals surface area (Å²) in [4.78, 5) is 5.09. The quantitative estimate of drug-likeness (QED) is 0.771. The molecule has 0 amide bonds. The summed E-state index contributed by atoms with van der Waals surface area (Å²) in [5, 5.41) is 6.28. The normalized spacial score (nSPS) is 11.3. The number of rotatable bonds is 2. The van der Waals surface area contributed by atoms with Crippen LogP contribution >= 0.6 is 11.3 Å². The zero-order valence-corrected chi connectivity index (χ0v) is 10.5. The Bertz CT molecular complexity index is 716. The lowest BCUT2D eigenvalue weighted by molar-refractivity contribution is 0.618. The van der Waals surface area contributed by atoms with Gasteiger partial charge in [0.25, 0.3) is 0 Å². The fourth-order valence-corrected chi connectivity index (χ4v) is 2.66. The summed E-state index contributed by atoms with van der Waals surface area (Å²) in [6, 6.07) is 5.02. The van der Waals surface area contributed by atoms with Gasteiger partial charge in [0, 0.05) is 10.9 Å². The fraction of sp³-hybridized carbons (Fsp3) is 0.167. The van der Waals surface area contributed by atoms with Gasteiger partial charge in [0.05, 0.1) is 12.2 Å². The van der Waals surface area contributed by atoms with E-state index in [1.54, 1.807) is 23.6 Å². The molecule has 6 heteroatoms. The Morgan fingerprint density at radius 3 is 3.00 bits per heavy atom. The highest BCUT2D eigenvalue weighted by Gasteiger charge is 2.11. The zero-order valence-electron chi connectivity index (χ0n) is 9.72. The first kappa shape index (κ1) is 11.3. The Morgan fingerprint density at radius 2 is 2.28 bits per heavy atom. The second kappa shape index (κ2) is 4.15. The molecule has 0 unspecified atom stereocenters. The summed E-state index contributed by atoms with van der Waals surface area (Å²) in [5.74, 6) is 0.411. The van der Waals surface area contributed by atoms with Crippen LogP contribution in [0.3, 0.4) is 0 Å². The van der Waals surface area contributed by atoms with Crippen LogP contribution in [0.25, 0.3) is 16.2 Å². The summed E-state index contributed by atoms with van der Waals surface area (Å²) in [6.45, 7) is 2.06. The van der Waals surface area contributed by atoms with Crippen molar-refractivity contribution < 1.29 is 4.39 Å². The highest BCUT2D eigenvalue weighted by molar-refractivity contribution is 7.15. The zero-order chi connectivity index (χ0) is 12.7. The summed E-state index contributed by atoms with van der Waals surface area (Å²) in [5.41, 5.74) is 7.97. The molecule has 0 atom stereocenters. The van der Waals surface area contributed by atoms with Gasteiger partial charge < -0.3 is 5.73 Å². The Balaban J connectivity index is 2.18. The largest absolute Gasteiger partial charge is 0.324 e. The standard InChI is InChI=1S/C12H11FN4S/c1-7-4-8(2-3-9(7)13)10-6-18-12-15-11(5-14)16-17(10)12/h2-4,6H,5,14H2,1H3. The maximum atomic E-state index is 13.3. The summed E-state index contributed by atoms with van der Waals surface area (Å²) < 4.78 is 15.0. The third-order valence-electron chi connectivity index (χ3n) is 2.76. The summed E-state index contributed by atoms with van der Waals surface area (Å²) >= 11 is 1.50. The molecule has 0 saturated carbocycles. The Hall–Kier alpha value is -1.79. The van der Waals surface area contributed by atoms with Crippen molar-refractivity contribution >= 4 is 16.3 Å². The average molecular weight is 262 g/mol. The van der Waals surface area contributed by atoms with Crippen molar-refractivity contribution in [2.75, 3.05) is 0 Å². The van der Waals surface area contributed by atoms with Crippen LogP contribution in [0.1, 0.15) is 11.4 Å². The van der Waals surface area contributed by atoms with Gasteiger partial charge in [-0.15, -0.1) is 16.4 Å². The summed E-state index contributed by atoms with van der Waals surface area (Å²) in [6.07, 6.45) is 0. The fourth-order valence-electron chi connectivity index (χ4n) is 1.81. The van der Waals surface area contributed by atoms with Crippen molar-refractivity contribution in [3.63, 3.8) is 0 Å². The van der Waals surface area contributed by atoms with Crippen molar-refractivity contribution in [3.8, 4) is 11.3 Å². The Kier molecular flexibility index (Phi) is 2.61. The highest BCUT2D eigenvalue weighted by Crippen LogP contribution is 2.26. The SMILES string of the molecule is Cc1cc(-c2csc3nc(CN)nn23)ccc1F. The Labute approximate surface area is 107 Å². The first-order chi connectivity index (χ1) is 8.69. The van der Waals surface area contributed by atoms with Gasteiger partial charge in [-0.3, -0.25) is 0 Å². The number of aryl methyl sites for hydroxylation is 1. The molecule has 0 spiro atoms. The van der Waals surface area contributed by atoms with Gasteiger partial charge in [-0.1, -0.05) is 0 Å². The van der Waals surface area contributed by atoms with E-state index in [-0.39, 0.29) is 5.82 Å². The number of aromatic nitrogens is 3. The molecule has 2 heterocycles. The van der Waals surface area contributed by atoms with Crippen molar-refractivity contribution in [3.05, 3.63) is 40.8 Å². The molecule has 0 bridgehead atoms. The molecule has 4 nitrogen and oxygen atoms in total. The number of benzene rings is 1. The van der Waals surface area contributed by atoms with Crippen molar-refractivity contribution in [1.29, 1.82) is 0 Å². The number of thiazole rings is 1. The van der Waals surface area contributed by atoms with Crippen LogP contribution in [0, 0.1) is 12.7 Å². The van der Waals surface area contributed by atoms with E-state index >= 15 is 0 Å². The smallest absolute Gasteiger partial charge is 0.212 e. The number of hydrogen-bond donors (Lipinski definition) is 1. The van der Waals surface area contributed by atoms with Crippen LogP contribution in [0.15, 0.2) is 23.6 Å². The minimum atomic E-state index is -0.202. The number of halogens is 1. The molecule has 92 valence electrons. The number of nitrogens with zero attached hydrogens (tertiary/aromatic N) is 3. The monoisotopic (exact) mass is 262 g/mol. The third-order valence-corrected chi connectivity index (χ3v) is 3.58. The molecular weight excluding hydrogens is 251 g/mol. The molecule has 0 aliphatic heterocycles. The predicted molar refractivity (Wildman–Crippen MR) is 68.9 cm³/mol. The van der Waals surface area contributed by atoms with Crippen LogP contribution in [0.5, 0.6) is 0 Å². The number of nitrogens with two attached hydrogens (primary N) is 1. The van der Waals surface area contributed by atoms with Crippen molar-refractivity contribution in [1.82, 2.24) is 14.6 Å². The van der Waals surface area contributed by atoms with E-state index in [4.69, 9.17) is 5.73 Å². The average Bonchev–Trinajstić information content (AvgIpc) is 2.92. The first-order valence-electron chi connectivity index (χ1n) is 5.49. The van der Waals surface area contributed by atoms with Crippen LogP contribution < -0.4 is 5.73 Å². The molecule has 0 aliphatic rings. The van der Waals surface area contributed by atoms with Gasteiger partial charge >= 0.3 is 0 Å². The molecular formula is C12H11FN4S. The third kappa shape index (κ3) is 1.70. The second-order valence-electron chi connectivity index (χ2n) is 4.01. The van der Waals surface area contributed by atoms with Gasteiger partial charge in [-0.2, -0.15) is 0 Å². The molecule has 3 aromatic rings. The van der Waals surface area contributed by atoms with Gasteiger partial charge in [0.15, 0.2) is 5.82 Å².